The molecule has 0 saturated carbocycles. The molecule has 3 amide bonds. The van der Waals surface area contributed by atoms with Crippen molar-refractivity contribution in [2.24, 2.45) is 0 Å². The molecule has 0 bridgehead atoms. The van der Waals surface area contributed by atoms with Gasteiger partial charge in [0.05, 0.1) is 29.7 Å². The first-order valence-electron chi connectivity index (χ1n) is 12.5. The molecule has 0 spiro atoms. The summed E-state index contributed by atoms with van der Waals surface area (Å²) >= 11 is 0. The second-order valence-corrected chi connectivity index (χ2v) is 9.47. The lowest BCUT2D eigenvalue weighted by Gasteiger charge is -2.42. The van der Waals surface area contributed by atoms with Crippen LogP contribution in [0.25, 0.3) is 0 Å². The zero-order valence-corrected chi connectivity index (χ0v) is 21.1. The number of rotatable bonds is 6. The average molecular weight is 534 g/mol. The van der Waals surface area contributed by atoms with Gasteiger partial charge in [0.25, 0.3) is 11.8 Å². The summed E-state index contributed by atoms with van der Waals surface area (Å²) in [5, 5.41) is 5.40. The minimum absolute atomic E-state index is 0.0726. The molecule has 2 N–H and O–H groups in total. The van der Waals surface area contributed by atoms with Crippen molar-refractivity contribution < 1.29 is 37.0 Å². The molecule has 1 fully saturated rings. The van der Waals surface area contributed by atoms with Gasteiger partial charge in [0.2, 0.25) is 5.91 Å². The molecule has 2 aromatic rings. The standard InChI is InChI=1S/C27H30F3N3O5/c1-3-11-31-24(34)14-19-8-9-21-23(38-19)15-37-22-10-7-18(13-20(22)26(36)33(21)2)32-25(35)16-5-4-6-17(12-16)27(28,29)30/h4-7,10,12-13,19,21,23H,3,8-9,11,14-15H2,1-2H3,(H,31,34)(H,32,35)/t19-,21-,23+/m1/s1. The number of fused-ring (bicyclic) bond motifs is 2. The van der Waals surface area contributed by atoms with E-state index in [4.69, 9.17) is 9.47 Å². The van der Waals surface area contributed by atoms with E-state index in [0.717, 1.165) is 24.6 Å². The lowest BCUT2D eigenvalue weighted by atomic mass is 9.94. The minimum Gasteiger partial charge on any atom is -0.490 e. The second-order valence-electron chi connectivity index (χ2n) is 9.47. The number of nitrogens with zero attached hydrogens (tertiary/aromatic N) is 1. The number of likely N-dealkylation sites (N-methyl/N-ethyl adjacent to an activating group) is 1. The van der Waals surface area contributed by atoms with E-state index in [0.29, 0.717) is 25.1 Å². The van der Waals surface area contributed by atoms with Crippen molar-refractivity contribution in [1.29, 1.82) is 0 Å². The summed E-state index contributed by atoms with van der Waals surface area (Å²) in [6, 6.07) is 8.33. The minimum atomic E-state index is -4.57. The Morgan fingerprint density at radius 2 is 1.92 bits per heavy atom. The molecule has 0 aromatic heterocycles. The number of nitrogens with one attached hydrogen (secondary N) is 2. The summed E-state index contributed by atoms with van der Waals surface area (Å²) in [4.78, 5) is 39.7. The Balaban J connectivity index is 1.47. The fourth-order valence-electron chi connectivity index (χ4n) is 4.69. The first-order valence-corrected chi connectivity index (χ1v) is 12.5. The highest BCUT2D eigenvalue weighted by Crippen LogP contribution is 2.33. The third kappa shape index (κ3) is 6.27. The van der Waals surface area contributed by atoms with Crippen molar-refractivity contribution >= 4 is 23.4 Å². The van der Waals surface area contributed by atoms with Crippen LogP contribution in [0.3, 0.4) is 0 Å². The molecule has 2 aliphatic heterocycles. The van der Waals surface area contributed by atoms with Crippen LogP contribution >= 0.6 is 0 Å². The van der Waals surface area contributed by atoms with E-state index in [9.17, 15) is 27.6 Å². The largest absolute Gasteiger partial charge is 0.490 e. The molecule has 3 atom stereocenters. The van der Waals surface area contributed by atoms with Crippen LogP contribution in [0.1, 0.15) is 58.9 Å². The number of halogens is 3. The number of alkyl halides is 3. The topological polar surface area (TPSA) is 97.0 Å². The number of amides is 3. The predicted octanol–water partition coefficient (Wildman–Crippen LogP) is 4.25. The summed E-state index contributed by atoms with van der Waals surface area (Å²) in [5.74, 6) is -0.855. The number of hydrogen-bond donors (Lipinski definition) is 2. The van der Waals surface area contributed by atoms with Gasteiger partial charge >= 0.3 is 6.18 Å². The molecule has 2 aromatic carbocycles. The van der Waals surface area contributed by atoms with E-state index < -0.39 is 23.8 Å². The van der Waals surface area contributed by atoms with E-state index in [1.807, 2.05) is 6.92 Å². The molecule has 2 heterocycles. The quantitative estimate of drug-likeness (QED) is 0.579. The molecule has 11 heteroatoms. The number of carbonyl (C=O) groups excluding carboxylic acids is 3. The molecular weight excluding hydrogens is 503 g/mol. The summed E-state index contributed by atoms with van der Waals surface area (Å²) in [7, 11) is 1.67. The maximum absolute atomic E-state index is 13.4. The van der Waals surface area contributed by atoms with Gasteiger partial charge in [0, 0.05) is 24.8 Å². The van der Waals surface area contributed by atoms with Crippen LogP contribution in [-0.4, -0.2) is 61.1 Å². The lowest BCUT2D eigenvalue weighted by Crippen LogP contribution is -2.54. The number of benzene rings is 2. The normalized spacial score (nSPS) is 21.3. The van der Waals surface area contributed by atoms with Crippen molar-refractivity contribution in [1.82, 2.24) is 10.2 Å². The number of hydrogen-bond acceptors (Lipinski definition) is 5. The molecule has 204 valence electrons. The van der Waals surface area contributed by atoms with Crippen LogP contribution in [0.15, 0.2) is 42.5 Å². The highest BCUT2D eigenvalue weighted by molar-refractivity contribution is 6.05. The summed E-state index contributed by atoms with van der Waals surface area (Å²) in [5.41, 5.74) is -0.631. The Kier molecular flexibility index (Phi) is 8.25. The van der Waals surface area contributed by atoms with Crippen LogP contribution in [-0.2, 0) is 15.7 Å². The van der Waals surface area contributed by atoms with Crippen LogP contribution in [0.5, 0.6) is 5.75 Å². The van der Waals surface area contributed by atoms with Gasteiger partial charge < -0.3 is 25.0 Å². The average Bonchev–Trinajstić information content (AvgIpc) is 2.89. The summed E-state index contributed by atoms with van der Waals surface area (Å²) in [6.45, 7) is 2.75. The molecule has 0 unspecified atom stereocenters. The highest BCUT2D eigenvalue weighted by Gasteiger charge is 2.39. The molecule has 8 nitrogen and oxygen atoms in total. The Bertz CT molecular complexity index is 1200. The van der Waals surface area contributed by atoms with E-state index >= 15 is 0 Å². The molecule has 0 aliphatic carbocycles. The monoisotopic (exact) mass is 533 g/mol. The van der Waals surface area contributed by atoms with Crippen molar-refractivity contribution in [2.45, 2.75) is 57.0 Å². The van der Waals surface area contributed by atoms with Crippen LogP contribution in [0.2, 0.25) is 0 Å². The van der Waals surface area contributed by atoms with Crippen molar-refractivity contribution in [3.63, 3.8) is 0 Å². The second kappa shape index (κ2) is 11.4. The van der Waals surface area contributed by atoms with Gasteiger partial charge in [-0.05, 0) is 55.7 Å². The first-order chi connectivity index (χ1) is 18.1. The van der Waals surface area contributed by atoms with Gasteiger partial charge in [0.15, 0.2) is 0 Å². The van der Waals surface area contributed by atoms with Crippen LogP contribution in [0.4, 0.5) is 18.9 Å². The SMILES string of the molecule is CCCNC(=O)C[C@H]1CC[C@@H]2[C@H](COc3ccc(NC(=O)c4cccc(C(F)(F)F)c4)cc3C(=O)N2C)O1. The summed E-state index contributed by atoms with van der Waals surface area (Å²) < 4.78 is 51.1. The van der Waals surface area contributed by atoms with Gasteiger partial charge in [-0.1, -0.05) is 13.0 Å². The van der Waals surface area contributed by atoms with Crippen molar-refractivity contribution in [3.8, 4) is 5.75 Å². The number of ether oxygens (including phenoxy) is 2. The molecule has 2 aliphatic rings. The fourth-order valence-corrected chi connectivity index (χ4v) is 4.69. The first kappa shape index (κ1) is 27.4. The third-order valence-electron chi connectivity index (χ3n) is 6.71. The Labute approximate surface area is 218 Å². The van der Waals surface area contributed by atoms with Crippen molar-refractivity contribution in [3.05, 3.63) is 59.2 Å². The fraction of sp³-hybridized carbons (Fsp3) is 0.444. The van der Waals surface area contributed by atoms with Gasteiger partial charge in [-0.15, -0.1) is 0 Å². The molecule has 1 saturated heterocycles. The molecule has 4 rings (SSSR count). The Hall–Kier alpha value is -3.60. The number of carbonyl (C=O) groups is 3. The smallest absolute Gasteiger partial charge is 0.416 e. The van der Waals surface area contributed by atoms with Crippen LogP contribution in [0, 0.1) is 0 Å². The van der Waals surface area contributed by atoms with Gasteiger partial charge in [-0.3, -0.25) is 14.4 Å². The van der Waals surface area contributed by atoms with Gasteiger partial charge in [-0.2, -0.15) is 13.2 Å². The maximum atomic E-state index is 13.4. The lowest BCUT2D eigenvalue weighted by molar-refractivity contribution is -0.137. The molecule has 0 radical (unpaired) electrons. The number of anilines is 1. The van der Waals surface area contributed by atoms with E-state index in [1.54, 1.807) is 11.9 Å². The summed E-state index contributed by atoms with van der Waals surface area (Å²) in [6.07, 6.45) is -2.94. The maximum Gasteiger partial charge on any atom is 0.416 e. The zero-order valence-electron chi connectivity index (χ0n) is 21.1. The third-order valence-corrected chi connectivity index (χ3v) is 6.71. The Morgan fingerprint density at radius 1 is 1.13 bits per heavy atom. The molecule has 38 heavy (non-hydrogen) atoms. The highest BCUT2D eigenvalue weighted by atomic mass is 19.4. The van der Waals surface area contributed by atoms with Gasteiger partial charge in [-0.25, -0.2) is 0 Å². The van der Waals surface area contributed by atoms with E-state index in [2.05, 4.69) is 10.6 Å². The zero-order chi connectivity index (χ0) is 27.4. The van der Waals surface area contributed by atoms with Crippen LogP contribution < -0.4 is 15.4 Å². The van der Waals surface area contributed by atoms with Crippen molar-refractivity contribution in [2.75, 3.05) is 25.5 Å². The van der Waals surface area contributed by atoms with E-state index in [1.165, 1.54) is 24.3 Å². The predicted molar refractivity (Wildman–Crippen MR) is 133 cm³/mol. The van der Waals surface area contributed by atoms with Gasteiger partial charge in [0.1, 0.15) is 18.5 Å². The Morgan fingerprint density at radius 3 is 2.66 bits per heavy atom. The molecular formula is C27H30F3N3O5. The van der Waals surface area contributed by atoms with E-state index in [-0.39, 0.29) is 53.8 Å².